The molecule has 6 heteroatoms. The molecule has 0 bridgehead atoms. The van der Waals surface area contributed by atoms with Gasteiger partial charge in [-0.3, -0.25) is 0 Å². The number of aryl methyl sites for hydroxylation is 2. The summed E-state index contributed by atoms with van der Waals surface area (Å²) in [5.41, 5.74) is 6.59. The van der Waals surface area contributed by atoms with Crippen LogP contribution in [0.15, 0.2) is 66.9 Å². The largest absolute Gasteiger partial charge is 0.322 e. The summed E-state index contributed by atoms with van der Waals surface area (Å²) >= 11 is 1.86. The molecule has 0 saturated heterocycles. The minimum Gasteiger partial charge on any atom is -0.310 e. The van der Waals surface area contributed by atoms with Gasteiger partial charge in [0.15, 0.2) is 0 Å². The van der Waals surface area contributed by atoms with Crippen LogP contribution in [-0.4, -0.2) is 15.5 Å². The Labute approximate surface area is 209 Å². The van der Waals surface area contributed by atoms with E-state index < -0.39 is 0 Å². The van der Waals surface area contributed by atoms with Crippen molar-refractivity contribution in [3.8, 4) is 5.00 Å². The highest BCUT2D eigenvalue weighted by molar-refractivity contribution is 7.15. The van der Waals surface area contributed by atoms with Crippen molar-refractivity contribution in [1.29, 1.82) is 0 Å². The van der Waals surface area contributed by atoms with Gasteiger partial charge in [0.05, 0.1) is 18.3 Å². The van der Waals surface area contributed by atoms with Gasteiger partial charge >= 0.3 is 6.03 Å². The average Bonchev–Trinajstić information content (AvgIpc) is 3.47. The lowest BCUT2D eigenvalue weighted by atomic mass is 9.95. The predicted octanol–water partition coefficient (Wildman–Crippen LogP) is 7.26. The van der Waals surface area contributed by atoms with Gasteiger partial charge in [-0.25, -0.2) is 9.18 Å². The first-order valence-corrected chi connectivity index (χ1v) is 13.2. The molecule has 0 spiro atoms. The monoisotopic (exact) mass is 485 g/mol. The van der Waals surface area contributed by atoms with Gasteiger partial charge in [0.25, 0.3) is 0 Å². The van der Waals surface area contributed by atoms with Gasteiger partial charge < -0.3 is 14.8 Å². The molecule has 178 valence electrons. The van der Waals surface area contributed by atoms with Crippen LogP contribution < -0.4 is 5.32 Å². The van der Waals surface area contributed by atoms with Crippen LogP contribution in [0, 0.1) is 5.82 Å². The standard InChI is InChI=1S/C29H28FN3OS/c1-2-19-9-15-22(16-10-19)31-29(34)33-18-24-23-6-3-4-8-26(23)35-28(24)32-17-5-7-25(32)27(33)20-11-13-21(30)14-12-20/h5,7,9-17,27H,2-4,6,8,18H2,1H3,(H,31,34)/t27-/m0/s1. The van der Waals surface area contributed by atoms with E-state index in [1.165, 1.54) is 51.5 Å². The molecule has 4 nitrogen and oxygen atoms in total. The molecule has 2 aliphatic rings. The molecular weight excluding hydrogens is 457 g/mol. The zero-order chi connectivity index (χ0) is 23.9. The van der Waals surface area contributed by atoms with Crippen LogP contribution in [0.1, 0.15) is 58.6 Å². The van der Waals surface area contributed by atoms with E-state index in [4.69, 9.17) is 0 Å². The SMILES string of the molecule is CCc1ccc(NC(=O)N2Cc3c(sc4c3CCCC4)-n3cccc3[C@@H]2c2ccc(F)cc2)cc1. The Morgan fingerprint density at radius 2 is 1.80 bits per heavy atom. The fraction of sp³-hybridized carbons (Fsp3) is 0.276. The smallest absolute Gasteiger partial charge is 0.310 e. The van der Waals surface area contributed by atoms with Gasteiger partial charge in [0.2, 0.25) is 0 Å². The zero-order valence-electron chi connectivity index (χ0n) is 19.8. The topological polar surface area (TPSA) is 37.3 Å². The number of benzene rings is 2. The number of nitrogens with one attached hydrogen (secondary N) is 1. The summed E-state index contributed by atoms with van der Waals surface area (Å²) in [5, 5.41) is 4.35. The van der Waals surface area contributed by atoms with E-state index in [-0.39, 0.29) is 17.9 Å². The van der Waals surface area contributed by atoms with Gasteiger partial charge in [-0.1, -0.05) is 31.2 Å². The first-order valence-electron chi connectivity index (χ1n) is 12.4. The van der Waals surface area contributed by atoms with E-state index in [0.717, 1.165) is 36.2 Å². The van der Waals surface area contributed by atoms with Crippen molar-refractivity contribution in [2.45, 2.75) is 51.6 Å². The maximum absolute atomic E-state index is 13.9. The summed E-state index contributed by atoms with van der Waals surface area (Å²) in [6.45, 7) is 2.64. The van der Waals surface area contributed by atoms with Gasteiger partial charge in [-0.05, 0) is 85.2 Å². The molecule has 4 aromatic rings. The molecule has 2 amide bonds. The molecule has 2 aromatic carbocycles. The second kappa shape index (κ2) is 9.00. The molecule has 1 aliphatic carbocycles. The summed E-state index contributed by atoms with van der Waals surface area (Å²) in [5.74, 6) is -0.280. The van der Waals surface area contributed by atoms with E-state index >= 15 is 0 Å². The maximum atomic E-state index is 13.9. The minimum absolute atomic E-state index is 0.153. The highest BCUT2D eigenvalue weighted by Gasteiger charge is 2.36. The number of anilines is 1. The van der Waals surface area contributed by atoms with E-state index in [1.807, 2.05) is 46.6 Å². The van der Waals surface area contributed by atoms with Crippen LogP contribution in [-0.2, 0) is 25.8 Å². The van der Waals surface area contributed by atoms with Crippen LogP contribution in [0.5, 0.6) is 0 Å². The number of hydrogen-bond acceptors (Lipinski definition) is 2. The van der Waals surface area contributed by atoms with Crippen LogP contribution in [0.2, 0.25) is 0 Å². The molecule has 0 fully saturated rings. The Kier molecular flexibility index (Phi) is 5.69. The van der Waals surface area contributed by atoms with Crippen LogP contribution in [0.3, 0.4) is 0 Å². The normalized spacial score (nSPS) is 16.7. The van der Waals surface area contributed by atoms with Gasteiger partial charge in [-0.2, -0.15) is 0 Å². The number of carbonyl (C=O) groups excluding carboxylic acids is 1. The highest BCUT2D eigenvalue weighted by Crippen LogP contribution is 2.44. The lowest BCUT2D eigenvalue weighted by Crippen LogP contribution is -2.38. The van der Waals surface area contributed by atoms with E-state index in [9.17, 15) is 9.18 Å². The highest BCUT2D eigenvalue weighted by atomic mass is 32.1. The number of aromatic nitrogens is 1. The summed E-state index contributed by atoms with van der Waals surface area (Å²) in [6.07, 6.45) is 7.63. The molecule has 0 unspecified atom stereocenters. The van der Waals surface area contributed by atoms with Crippen molar-refractivity contribution in [3.63, 3.8) is 0 Å². The lowest BCUT2D eigenvalue weighted by Gasteiger charge is -2.31. The number of nitrogens with zero attached hydrogens (tertiary/aromatic N) is 2. The number of thiophene rings is 1. The third kappa shape index (κ3) is 3.96. The minimum atomic E-state index is -0.334. The molecule has 1 N–H and O–H groups in total. The third-order valence-electron chi connectivity index (χ3n) is 7.24. The number of fused-ring (bicyclic) bond motifs is 5. The second-order valence-electron chi connectivity index (χ2n) is 9.36. The lowest BCUT2D eigenvalue weighted by molar-refractivity contribution is 0.194. The first kappa shape index (κ1) is 22.1. The number of urea groups is 1. The first-order chi connectivity index (χ1) is 17.1. The quantitative estimate of drug-likeness (QED) is 0.326. The van der Waals surface area contributed by atoms with Crippen molar-refractivity contribution >= 4 is 23.1 Å². The average molecular weight is 486 g/mol. The van der Waals surface area contributed by atoms with Crippen molar-refractivity contribution in [2.75, 3.05) is 5.32 Å². The maximum Gasteiger partial charge on any atom is 0.322 e. The van der Waals surface area contributed by atoms with Gasteiger partial charge in [0, 0.05) is 22.3 Å². The second-order valence-corrected chi connectivity index (χ2v) is 10.4. The number of hydrogen-bond donors (Lipinski definition) is 1. The molecule has 0 saturated carbocycles. The van der Waals surface area contributed by atoms with E-state index in [0.29, 0.717) is 6.54 Å². The Morgan fingerprint density at radius 1 is 1.03 bits per heavy atom. The summed E-state index contributed by atoms with van der Waals surface area (Å²) < 4.78 is 16.1. The fourth-order valence-corrected chi connectivity index (χ4v) is 6.81. The molecule has 1 atom stereocenters. The number of halogens is 1. The van der Waals surface area contributed by atoms with Crippen molar-refractivity contribution in [3.05, 3.63) is 106 Å². The predicted molar refractivity (Wildman–Crippen MR) is 139 cm³/mol. The third-order valence-corrected chi connectivity index (χ3v) is 8.57. The molecule has 1 aliphatic heterocycles. The van der Waals surface area contributed by atoms with Crippen molar-refractivity contribution < 1.29 is 9.18 Å². The van der Waals surface area contributed by atoms with Gasteiger partial charge in [0.1, 0.15) is 10.8 Å². The van der Waals surface area contributed by atoms with Crippen LogP contribution in [0.25, 0.3) is 5.00 Å². The van der Waals surface area contributed by atoms with Crippen molar-refractivity contribution in [2.24, 2.45) is 0 Å². The molecule has 6 rings (SSSR count). The fourth-order valence-electron chi connectivity index (χ4n) is 5.40. The van der Waals surface area contributed by atoms with E-state index in [2.05, 4.69) is 29.1 Å². The zero-order valence-corrected chi connectivity index (χ0v) is 20.6. The van der Waals surface area contributed by atoms with Crippen molar-refractivity contribution in [1.82, 2.24) is 9.47 Å². The number of rotatable bonds is 3. The number of carbonyl (C=O) groups is 1. The summed E-state index contributed by atoms with van der Waals surface area (Å²) in [4.78, 5) is 17.3. The Balaban J connectivity index is 1.46. The Bertz CT molecular complexity index is 1370. The molecular formula is C29H28FN3OS. The van der Waals surface area contributed by atoms with Crippen LogP contribution >= 0.6 is 11.3 Å². The van der Waals surface area contributed by atoms with Crippen LogP contribution in [0.4, 0.5) is 14.9 Å². The number of amides is 2. The molecule has 35 heavy (non-hydrogen) atoms. The molecule has 2 aromatic heterocycles. The summed E-state index contributed by atoms with van der Waals surface area (Å²) in [7, 11) is 0. The Morgan fingerprint density at radius 3 is 2.57 bits per heavy atom. The Hall–Kier alpha value is -3.38. The van der Waals surface area contributed by atoms with Gasteiger partial charge in [-0.15, -0.1) is 11.3 Å². The summed E-state index contributed by atoms with van der Waals surface area (Å²) in [6, 6.07) is 18.2. The van der Waals surface area contributed by atoms with E-state index in [1.54, 1.807) is 12.1 Å². The molecule has 0 radical (unpaired) electrons. The molecule has 3 heterocycles.